The topological polar surface area (TPSA) is 188 Å². The van der Waals surface area contributed by atoms with Crippen molar-refractivity contribution in [3.8, 4) is 0 Å². The first-order valence-electron chi connectivity index (χ1n) is 11.5. The summed E-state index contributed by atoms with van der Waals surface area (Å²) in [6, 6.07) is 4.91. The van der Waals surface area contributed by atoms with Gasteiger partial charge in [0.15, 0.2) is 0 Å². The lowest BCUT2D eigenvalue weighted by atomic mass is 10.0. The van der Waals surface area contributed by atoms with Gasteiger partial charge in [-0.25, -0.2) is 4.79 Å². The lowest BCUT2D eigenvalue weighted by molar-refractivity contribution is -0.143. The number of benzene rings is 1. The molecule has 0 radical (unpaired) electrons. The van der Waals surface area contributed by atoms with E-state index in [1.165, 1.54) is 4.90 Å². The summed E-state index contributed by atoms with van der Waals surface area (Å²) in [6.07, 6.45) is 2.50. The number of likely N-dealkylation sites (tertiary alicyclic amines) is 1. The quantitative estimate of drug-likeness (QED) is 0.189. The number of aliphatic hydroxyl groups is 1. The smallest absolute Gasteiger partial charge is 0.326 e. The summed E-state index contributed by atoms with van der Waals surface area (Å²) in [5, 5.41) is 23.9. The highest BCUT2D eigenvalue weighted by Crippen LogP contribution is 2.19. The summed E-state index contributed by atoms with van der Waals surface area (Å²) >= 11 is 0. The van der Waals surface area contributed by atoms with E-state index in [-0.39, 0.29) is 12.8 Å². The first-order chi connectivity index (χ1) is 16.3. The Kier molecular flexibility index (Phi) is 10.9. The first kappa shape index (κ1) is 27.2. The van der Waals surface area contributed by atoms with Crippen LogP contribution in [0.15, 0.2) is 30.3 Å². The van der Waals surface area contributed by atoms with Crippen molar-refractivity contribution in [3.05, 3.63) is 35.9 Å². The third kappa shape index (κ3) is 7.79. The summed E-state index contributed by atoms with van der Waals surface area (Å²) in [5.41, 5.74) is 11.9. The number of carboxylic acids is 1. The van der Waals surface area contributed by atoms with Gasteiger partial charge in [0.1, 0.15) is 24.2 Å². The second-order valence-electron chi connectivity index (χ2n) is 8.41. The Bertz CT molecular complexity index is 836. The number of hydrogen-bond acceptors (Lipinski definition) is 7. The van der Waals surface area contributed by atoms with Crippen LogP contribution in [-0.4, -0.2) is 82.7 Å². The largest absolute Gasteiger partial charge is 0.480 e. The van der Waals surface area contributed by atoms with Crippen LogP contribution in [0, 0.1) is 0 Å². The number of carbonyl (C=O) groups is 4. The lowest BCUT2D eigenvalue weighted by Crippen LogP contribution is -2.57. The highest BCUT2D eigenvalue weighted by Gasteiger charge is 2.37. The van der Waals surface area contributed by atoms with Gasteiger partial charge >= 0.3 is 5.97 Å². The number of aliphatic carboxylic acids is 1. The summed E-state index contributed by atoms with van der Waals surface area (Å²) in [6.45, 7) is 0.204. The molecule has 8 N–H and O–H groups in total. The van der Waals surface area contributed by atoms with Crippen molar-refractivity contribution in [2.45, 2.75) is 62.7 Å². The fourth-order valence-electron chi connectivity index (χ4n) is 3.94. The van der Waals surface area contributed by atoms with E-state index in [0.29, 0.717) is 38.8 Å². The minimum Gasteiger partial charge on any atom is -0.480 e. The molecule has 4 atom stereocenters. The summed E-state index contributed by atoms with van der Waals surface area (Å²) in [4.78, 5) is 51.6. The van der Waals surface area contributed by atoms with E-state index >= 15 is 0 Å². The van der Waals surface area contributed by atoms with Crippen LogP contribution in [0.25, 0.3) is 0 Å². The molecule has 1 aliphatic rings. The maximum atomic E-state index is 13.1. The predicted octanol–water partition coefficient (Wildman–Crippen LogP) is -1.28. The van der Waals surface area contributed by atoms with E-state index in [1.54, 1.807) is 24.3 Å². The molecule has 1 aromatic carbocycles. The van der Waals surface area contributed by atoms with E-state index in [2.05, 4.69) is 10.6 Å². The van der Waals surface area contributed by atoms with Gasteiger partial charge in [-0.1, -0.05) is 30.3 Å². The standard InChI is InChI=1S/C23H35N5O6/c24-11-5-4-9-17(23(33)34)26-20(30)18(13-15-7-2-1-3-8-15)27-21(31)19-10-6-12-28(19)22(32)16(25)14-29/h1-3,7-8,16-19,29H,4-6,9-14,24-25H2,(H,26,30)(H,27,31)(H,33,34). The lowest BCUT2D eigenvalue weighted by Gasteiger charge is -2.28. The SMILES string of the molecule is NCCCCC(NC(=O)C(Cc1ccccc1)NC(=O)C1CCCN1C(=O)C(N)CO)C(=O)O. The number of carbonyl (C=O) groups excluding carboxylic acids is 3. The van der Waals surface area contributed by atoms with E-state index in [9.17, 15) is 29.4 Å². The number of carboxylic acid groups (broad SMARTS) is 1. The van der Waals surface area contributed by atoms with Crippen LogP contribution in [0.1, 0.15) is 37.7 Å². The molecule has 11 heteroatoms. The number of rotatable bonds is 13. The second kappa shape index (κ2) is 13.6. The van der Waals surface area contributed by atoms with Crippen LogP contribution >= 0.6 is 0 Å². The van der Waals surface area contributed by atoms with E-state index in [0.717, 1.165) is 5.56 Å². The number of unbranched alkanes of at least 4 members (excludes halogenated alkanes) is 1. The maximum absolute atomic E-state index is 13.1. The second-order valence-corrected chi connectivity index (χ2v) is 8.41. The highest BCUT2D eigenvalue weighted by atomic mass is 16.4. The minimum atomic E-state index is -1.17. The van der Waals surface area contributed by atoms with E-state index < -0.39 is 54.5 Å². The molecule has 1 aromatic rings. The Balaban J connectivity index is 2.16. The van der Waals surface area contributed by atoms with Crippen LogP contribution in [-0.2, 0) is 25.6 Å². The monoisotopic (exact) mass is 477 g/mol. The Morgan fingerprint density at radius 3 is 2.41 bits per heavy atom. The number of nitrogens with zero attached hydrogens (tertiary/aromatic N) is 1. The van der Waals surface area contributed by atoms with Gasteiger partial charge in [-0.2, -0.15) is 0 Å². The van der Waals surface area contributed by atoms with Crippen molar-refractivity contribution < 1.29 is 29.4 Å². The van der Waals surface area contributed by atoms with Gasteiger partial charge < -0.3 is 37.2 Å². The minimum absolute atomic E-state index is 0.143. The summed E-state index contributed by atoms with van der Waals surface area (Å²) in [5.74, 6) is -2.85. The highest BCUT2D eigenvalue weighted by molar-refractivity contribution is 5.94. The number of aliphatic hydroxyl groups excluding tert-OH is 1. The average Bonchev–Trinajstić information content (AvgIpc) is 3.32. The van der Waals surface area contributed by atoms with E-state index in [1.807, 2.05) is 6.07 Å². The molecule has 11 nitrogen and oxygen atoms in total. The normalized spacial score (nSPS) is 18.1. The molecule has 1 saturated heterocycles. The fraction of sp³-hybridized carbons (Fsp3) is 0.565. The van der Waals surface area contributed by atoms with Gasteiger partial charge in [-0.05, 0) is 44.2 Å². The van der Waals surface area contributed by atoms with Crippen LogP contribution in [0.2, 0.25) is 0 Å². The molecule has 1 aliphatic heterocycles. The average molecular weight is 478 g/mol. The molecule has 188 valence electrons. The molecule has 0 aliphatic carbocycles. The van der Waals surface area contributed by atoms with Crippen molar-refractivity contribution in [1.29, 1.82) is 0 Å². The Labute approximate surface area is 198 Å². The van der Waals surface area contributed by atoms with Crippen LogP contribution < -0.4 is 22.1 Å². The Morgan fingerprint density at radius 2 is 1.79 bits per heavy atom. The van der Waals surface area contributed by atoms with Gasteiger partial charge in [0.2, 0.25) is 17.7 Å². The molecule has 1 heterocycles. The van der Waals surface area contributed by atoms with Crippen LogP contribution in [0.5, 0.6) is 0 Å². The van der Waals surface area contributed by atoms with Crippen molar-refractivity contribution >= 4 is 23.7 Å². The van der Waals surface area contributed by atoms with Gasteiger partial charge in [0.05, 0.1) is 6.61 Å². The fourth-order valence-corrected chi connectivity index (χ4v) is 3.94. The third-order valence-corrected chi connectivity index (χ3v) is 5.83. The van der Waals surface area contributed by atoms with Crippen LogP contribution in [0.3, 0.4) is 0 Å². The zero-order valence-electron chi connectivity index (χ0n) is 19.2. The number of nitrogens with one attached hydrogen (secondary N) is 2. The summed E-state index contributed by atoms with van der Waals surface area (Å²) in [7, 11) is 0. The van der Waals surface area contributed by atoms with Gasteiger partial charge in [0, 0.05) is 13.0 Å². The molecule has 2 rings (SSSR count). The number of amides is 3. The predicted molar refractivity (Wildman–Crippen MR) is 124 cm³/mol. The zero-order valence-corrected chi connectivity index (χ0v) is 19.2. The molecule has 34 heavy (non-hydrogen) atoms. The molecular weight excluding hydrogens is 442 g/mol. The van der Waals surface area contributed by atoms with Crippen LogP contribution in [0.4, 0.5) is 0 Å². The molecular formula is C23H35N5O6. The molecule has 4 unspecified atom stereocenters. The molecule has 1 fully saturated rings. The third-order valence-electron chi connectivity index (χ3n) is 5.83. The molecule has 0 spiro atoms. The van der Waals surface area contributed by atoms with Gasteiger partial charge in [-0.3, -0.25) is 14.4 Å². The van der Waals surface area contributed by atoms with E-state index in [4.69, 9.17) is 11.5 Å². The van der Waals surface area contributed by atoms with Crippen molar-refractivity contribution in [2.24, 2.45) is 11.5 Å². The van der Waals surface area contributed by atoms with Crippen molar-refractivity contribution in [1.82, 2.24) is 15.5 Å². The summed E-state index contributed by atoms with van der Waals surface area (Å²) < 4.78 is 0. The van der Waals surface area contributed by atoms with Gasteiger partial charge in [-0.15, -0.1) is 0 Å². The first-order valence-corrected chi connectivity index (χ1v) is 11.5. The Hall–Kier alpha value is -3.02. The number of nitrogens with two attached hydrogens (primary N) is 2. The molecule has 3 amide bonds. The molecule has 0 bridgehead atoms. The van der Waals surface area contributed by atoms with Gasteiger partial charge in [0.25, 0.3) is 0 Å². The zero-order chi connectivity index (χ0) is 25.1. The molecule has 0 saturated carbocycles. The Morgan fingerprint density at radius 1 is 1.09 bits per heavy atom. The van der Waals surface area contributed by atoms with Crippen molar-refractivity contribution in [2.75, 3.05) is 19.7 Å². The van der Waals surface area contributed by atoms with Crippen molar-refractivity contribution in [3.63, 3.8) is 0 Å². The molecule has 0 aromatic heterocycles. The number of hydrogen-bond donors (Lipinski definition) is 6. The maximum Gasteiger partial charge on any atom is 0.326 e.